The van der Waals surface area contributed by atoms with Gasteiger partial charge in [0.25, 0.3) is 0 Å². The first-order valence-corrected chi connectivity index (χ1v) is 9.34. The number of benzene rings is 2. The number of fused-ring (bicyclic) bond motifs is 3. The normalized spacial score (nSPS) is 11.9. The van der Waals surface area contributed by atoms with Gasteiger partial charge in [-0.15, -0.1) is 0 Å². The molecule has 0 aliphatic rings. The average molecular weight is 337 g/mol. The van der Waals surface area contributed by atoms with Crippen LogP contribution in [0.2, 0.25) is 0 Å². The molecule has 2 aromatic heterocycles. The van der Waals surface area contributed by atoms with Crippen molar-refractivity contribution in [2.45, 2.75) is 0 Å². The third-order valence-electron chi connectivity index (χ3n) is 3.87. The first kappa shape index (κ1) is 14.7. The van der Waals surface area contributed by atoms with Gasteiger partial charge in [0.05, 0.1) is 6.26 Å². The molecule has 4 rings (SSSR count). The van der Waals surface area contributed by atoms with Crippen molar-refractivity contribution in [3.8, 4) is 11.1 Å². The second-order valence-electron chi connectivity index (χ2n) is 5.71. The molecule has 5 nitrogen and oxygen atoms in total. The lowest BCUT2D eigenvalue weighted by molar-refractivity contribution is 0.607. The summed E-state index contributed by atoms with van der Waals surface area (Å²) in [6, 6.07) is 17.3. The Labute approximate surface area is 139 Å². The van der Waals surface area contributed by atoms with Crippen LogP contribution in [0.15, 0.2) is 60.8 Å². The number of anilines is 1. The van der Waals surface area contributed by atoms with Crippen LogP contribution >= 0.6 is 0 Å². The Balaban J connectivity index is 1.95. The summed E-state index contributed by atoms with van der Waals surface area (Å²) < 4.78 is 25.5. The molecule has 24 heavy (non-hydrogen) atoms. The molecular formula is C18H15N3O2S. The van der Waals surface area contributed by atoms with E-state index in [-0.39, 0.29) is 0 Å². The largest absolute Gasteiger partial charge is 0.339 e. The standard InChI is InChI=1S/C18H15N3O2S/c1-24(22,23)21-13-6-2-5-12(11-13)14-7-3-9-16-17(14)15-8-4-10-19-18(15)20-16/h2-11,21H,1H3,(H,19,20). The number of aromatic amines is 1. The SMILES string of the molecule is CS(=O)(=O)Nc1cccc(-c2cccc3[nH]c4ncccc4c23)c1. The molecule has 0 saturated heterocycles. The minimum absolute atomic E-state index is 0.546. The van der Waals surface area contributed by atoms with Gasteiger partial charge in [-0.05, 0) is 41.5 Å². The van der Waals surface area contributed by atoms with Gasteiger partial charge in [-0.1, -0.05) is 24.3 Å². The fourth-order valence-electron chi connectivity index (χ4n) is 2.99. The van der Waals surface area contributed by atoms with Crippen molar-refractivity contribution >= 4 is 37.6 Å². The maximum Gasteiger partial charge on any atom is 0.229 e. The Morgan fingerprint density at radius 1 is 1.04 bits per heavy atom. The Hall–Kier alpha value is -2.86. The molecule has 120 valence electrons. The van der Waals surface area contributed by atoms with Crippen molar-refractivity contribution in [1.82, 2.24) is 9.97 Å². The van der Waals surface area contributed by atoms with E-state index >= 15 is 0 Å². The quantitative estimate of drug-likeness (QED) is 0.598. The van der Waals surface area contributed by atoms with Gasteiger partial charge in [-0.25, -0.2) is 13.4 Å². The topological polar surface area (TPSA) is 74.8 Å². The summed E-state index contributed by atoms with van der Waals surface area (Å²) in [5, 5.41) is 2.13. The number of H-pyrrole nitrogens is 1. The lowest BCUT2D eigenvalue weighted by Crippen LogP contribution is -2.09. The highest BCUT2D eigenvalue weighted by molar-refractivity contribution is 7.92. The Bertz CT molecular complexity index is 1160. The monoisotopic (exact) mass is 337 g/mol. The van der Waals surface area contributed by atoms with E-state index in [2.05, 4.69) is 14.7 Å². The molecule has 0 atom stereocenters. The molecule has 0 spiro atoms. The predicted octanol–water partition coefficient (Wildman–Crippen LogP) is 3.75. The van der Waals surface area contributed by atoms with E-state index in [1.54, 1.807) is 12.3 Å². The number of hydrogen-bond donors (Lipinski definition) is 2. The molecule has 0 unspecified atom stereocenters. The van der Waals surface area contributed by atoms with Gasteiger partial charge in [-0.3, -0.25) is 4.72 Å². The van der Waals surface area contributed by atoms with Crippen LogP contribution in [-0.4, -0.2) is 24.6 Å². The summed E-state index contributed by atoms with van der Waals surface area (Å²) in [7, 11) is -3.31. The van der Waals surface area contributed by atoms with E-state index in [9.17, 15) is 8.42 Å². The number of hydrogen-bond acceptors (Lipinski definition) is 3. The van der Waals surface area contributed by atoms with Gasteiger partial charge in [0.2, 0.25) is 10.0 Å². The number of aromatic nitrogens is 2. The van der Waals surface area contributed by atoms with E-state index in [1.807, 2.05) is 48.5 Å². The zero-order valence-electron chi connectivity index (χ0n) is 12.9. The van der Waals surface area contributed by atoms with Crippen molar-refractivity contribution in [2.24, 2.45) is 0 Å². The second kappa shape index (κ2) is 5.35. The van der Waals surface area contributed by atoms with Crippen LogP contribution in [0.25, 0.3) is 33.1 Å². The van der Waals surface area contributed by atoms with Crippen LogP contribution in [0.3, 0.4) is 0 Å². The summed E-state index contributed by atoms with van der Waals surface area (Å²) in [6.45, 7) is 0. The number of nitrogens with zero attached hydrogens (tertiary/aromatic N) is 1. The van der Waals surface area contributed by atoms with Gasteiger partial charge >= 0.3 is 0 Å². The lowest BCUT2D eigenvalue weighted by Gasteiger charge is -2.08. The van der Waals surface area contributed by atoms with Gasteiger partial charge < -0.3 is 4.98 Å². The van der Waals surface area contributed by atoms with Crippen molar-refractivity contribution in [1.29, 1.82) is 0 Å². The molecule has 6 heteroatoms. The zero-order chi connectivity index (χ0) is 16.7. The predicted molar refractivity (Wildman–Crippen MR) is 97.5 cm³/mol. The van der Waals surface area contributed by atoms with E-state index < -0.39 is 10.0 Å². The fourth-order valence-corrected chi connectivity index (χ4v) is 3.54. The summed E-state index contributed by atoms with van der Waals surface area (Å²) in [5.74, 6) is 0. The van der Waals surface area contributed by atoms with E-state index in [1.165, 1.54) is 0 Å². The molecule has 2 aromatic carbocycles. The molecule has 0 amide bonds. The minimum atomic E-state index is -3.31. The molecule has 0 bridgehead atoms. The highest BCUT2D eigenvalue weighted by Gasteiger charge is 2.11. The molecule has 0 fully saturated rings. The highest BCUT2D eigenvalue weighted by Crippen LogP contribution is 2.34. The summed E-state index contributed by atoms with van der Waals surface area (Å²) >= 11 is 0. The number of pyridine rings is 1. The van der Waals surface area contributed by atoms with E-state index in [0.717, 1.165) is 39.3 Å². The third-order valence-corrected chi connectivity index (χ3v) is 4.48. The molecule has 0 aliphatic heterocycles. The van der Waals surface area contributed by atoms with Gasteiger partial charge in [0, 0.05) is 28.2 Å². The van der Waals surface area contributed by atoms with Gasteiger partial charge in [0.1, 0.15) is 5.65 Å². The number of rotatable bonds is 3. The average Bonchev–Trinajstić information content (AvgIpc) is 2.92. The molecule has 2 N–H and O–H groups in total. The summed E-state index contributed by atoms with van der Waals surface area (Å²) in [6.07, 6.45) is 2.90. The van der Waals surface area contributed by atoms with Crippen LogP contribution in [-0.2, 0) is 10.0 Å². The summed E-state index contributed by atoms with van der Waals surface area (Å²) in [5.41, 5.74) is 4.36. The van der Waals surface area contributed by atoms with E-state index in [4.69, 9.17) is 0 Å². The van der Waals surface area contributed by atoms with Crippen molar-refractivity contribution in [3.63, 3.8) is 0 Å². The van der Waals surface area contributed by atoms with Crippen LogP contribution < -0.4 is 4.72 Å². The Morgan fingerprint density at radius 3 is 2.71 bits per heavy atom. The minimum Gasteiger partial charge on any atom is -0.339 e. The van der Waals surface area contributed by atoms with Crippen molar-refractivity contribution in [3.05, 3.63) is 60.8 Å². The Kier molecular flexibility index (Phi) is 3.28. The van der Waals surface area contributed by atoms with E-state index in [0.29, 0.717) is 5.69 Å². The highest BCUT2D eigenvalue weighted by atomic mass is 32.2. The molecule has 4 aromatic rings. The second-order valence-corrected chi connectivity index (χ2v) is 7.46. The summed E-state index contributed by atoms with van der Waals surface area (Å²) in [4.78, 5) is 7.69. The smallest absolute Gasteiger partial charge is 0.229 e. The fraction of sp³-hybridized carbons (Fsp3) is 0.0556. The lowest BCUT2D eigenvalue weighted by atomic mass is 9.99. The molecule has 2 heterocycles. The molecule has 0 aliphatic carbocycles. The van der Waals surface area contributed by atoms with Crippen LogP contribution in [0.5, 0.6) is 0 Å². The van der Waals surface area contributed by atoms with Crippen LogP contribution in [0.4, 0.5) is 5.69 Å². The van der Waals surface area contributed by atoms with Crippen LogP contribution in [0, 0.1) is 0 Å². The first-order valence-electron chi connectivity index (χ1n) is 7.45. The number of nitrogens with one attached hydrogen (secondary N) is 2. The van der Waals surface area contributed by atoms with Crippen LogP contribution in [0.1, 0.15) is 0 Å². The Morgan fingerprint density at radius 2 is 1.88 bits per heavy atom. The first-order chi connectivity index (χ1) is 11.5. The maximum atomic E-state index is 11.5. The third kappa shape index (κ3) is 2.61. The molecular weight excluding hydrogens is 322 g/mol. The zero-order valence-corrected chi connectivity index (χ0v) is 13.8. The van der Waals surface area contributed by atoms with Crippen molar-refractivity contribution in [2.75, 3.05) is 11.0 Å². The molecule has 0 saturated carbocycles. The molecule has 0 radical (unpaired) electrons. The number of sulfonamides is 1. The maximum absolute atomic E-state index is 11.5. The van der Waals surface area contributed by atoms with Gasteiger partial charge in [0.15, 0.2) is 0 Å². The van der Waals surface area contributed by atoms with Crippen molar-refractivity contribution < 1.29 is 8.42 Å². The van der Waals surface area contributed by atoms with Gasteiger partial charge in [-0.2, -0.15) is 0 Å².